The molecule has 1 aromatic carbocycles. The third-order valence-corrected chi connectivity index (χ3v) is 3.95. The maximum absolute atomic E-state index is 13.3. The van der Waals surface area contributed by atoms with Crippen LogP contribution in [0.25, 0.3) is 0 Å². The van der Waals surface area contributed by atoms with Gasteiger partial charge in [-0.1, -0.05) is 18.2 Å². The van der Waals surface area contributed by atoms with Crippen LogP contribution in [-0.2, 0) is 5.75 Å². The summed E-state index contributed by atoms with van der Waals surface area (Å²) in [5.41, 5.74) is 0.827. The van der Waals surface area contributed by atoms with Gasteiger partial charge in [0, 0.05) is 5.75 Å². The Morgan fingerprint density at radius 3 is 3.00 bits per heavy atom. The van der Waals surface area contributed by atoms with Gasteiger partial charge in [-0.3, -0.25) is 0 Å². The minimum atomic E-state index is -0.0745. The van der Waals surface area contributed by atoms with Crippen LogP contribution in [0.3, 0.4) is 0 Å². The zero-order valence-electron chi connectivity index (χ0n) is 8.71. The monoisotopic (exact) mass is 225 g/mol. The van der Waals surface area contributed by atoms with Crippen molar-refractivity contribution in [3.63, 3.8) is 0 Å². The van der Waals surface area contributed by atoms with Crippen LogP contribution in [0, 0.1) is 11.7 Å². The Bertz CT molecular complexity index is 310. The molecule has 1 atom stereocenters. The van der Waals surface area contributed by atoms with Crippen molar-refractivity contribution in [2.45, 2.75) is 12.2 Å². The highest BCUT2D eigenvalue weighted by molar-refractivity contribution is 7.98. The summed E-state index contributed by atoms with van der Waals surface area (Å²) < 4.78 is 13.3. The lowest BCUT2D eigenvalue weighted by molar-refractivity contribution is 0.617. The van der Waals surface area contributed by atoms with Gasteiger partial charge in [0.25, 0.3) is 0 Å². The largest absolute Gasteiger partial charge is 0.316 e. The zero-order chi connectivity index (χ0) is 10.5. The molecule has 15 heavy (non-hydrogen) atoms. The molecule has 1 saturated heterocycles. The Morgan fingerprint density at radius 2 is 2.27 bits per heavy atom. The maximum atomic E-state index is 13.3. The number of hydrogen-bond acceptors (Lipinski definition) is 2. The van der Waals surface area contributed by atoms with Crippen molar-refractivity contribution in [3.05, 3.63) is 35.6 Å². The van der Waals surface area contributed by atoms with Crippen LogP contribution in [-0.4, -0.2) is 18.8 Å². The van der Waals surface area contributed by atoms with Gasteiger partial charge in [-0.2, -0.15) is 11.8 Å². The van der Waals surface area contributed by atoms with E-state index in [0.29, 0.717) is 0 Å². The van der Waals surface area contributed by atoms with Gasteiger partial charge in [0.1, 0.15) is 5.82 Å². The van der Waals surface area contributed by atoms with E-state index in [-0.39, 0.29) is 5.82 Å². The molecule has 1 aliphatic rings. The van der Waals surface area contributed by atoms with E-state index in [2.05, 4.69) is 5.32 Å². The maximum Gasteiger partial charge on any atom is 0.127 e. The lowest BCUT2D eigenvalue weighted by atomic mass is 10.2. The third-order valence-electron chi connectivity index (χ3n) is 2.73. The zero-order valence-corrected chi connectivity index (χ0v) is 9.52. The van der Waals surface area contributed by atoms with E-state index in [9.17, 15) is 4.39 Å². The van der Waals surface area contributed by atoms with Crippen LogP contribution in [0.2, 0.25) is 0 Å². The van der Waals surface area contributed by atoms with Gasteiger partial charge >= 0.3 is 0 Å². The van der Waals surface area contributed by atoms with Gasteiger partial charge < -0.3 is 5.32 Å². The molecular weight excluding hydrogens is 209 g/mol. The van der Waals surface area contributed by atoms with Gasteiger partial charge in [0.15, 0.2) is 0 Å². The molecule has 0 radical (unpaired) electrons. The lowest BCUT2D eigenvalue weighted by Gasteiger charge is -2.07. The van der Waals surface area contributed by atoms with Crippen LogP contribution in [0.5, 0.6) is 0 Å². The summed E-state index contributed by atoms with van der Waals surface area (Å²) in [5.74, 6) is 2.64. The highest BCUT2D eigenvalue weighted by Crippen LogP contribution is 2.20. The average Bonchev–Trinajstić information content (AvgIpc) is 2.74. The molecule has 1 aromatic rings. The Kier molecular flexibility index (Phi) is 4.03. The number of benzene rings is 1. The van der Waals surface area contributed by atoms with E-state index < -0.39 is 0 Å². The van der Waals surface area contributed by atoms with E-state index in [1.807, 2.05) is 23.9 Å². The molecule has 3 heteroatoms. The molecule has 1 nitrogen and oxygen atoms in total. The molecule has 82 valence electrons. The topological polar surface area (TPSA) is 12.0 Å². The summed E-state index contributed by atoms with van der Waals surface area (Å²) in [6, 6.07) is 7.04. The van der Waals surface area contributed by atoms with Crippen LogP contribution in [0.1, 0.15) is 12.0 Å². The van der Waals surface area contributed by atoms with E-state index in [4.69, 9.17) is 0 Å². The minimum absolute atomic E-state index is 0.0745. The normalized spacial score (nSPS) is 20.7. The molecular formula is C12H16FNS. The van der Waals surface area contributed by atoms with E-state index in [1.165, 1.54) is 12.5 Å². The van der Waals surface area contributed by atoms with Gasteiger partial charge in [0.2, 0.25) is 0 Å². The summed E-state index contributed by atoms with van der Waals surface area (Å²) in [6.45, 7) is 2.27. The number of nitrogens with one attached hydrogen (secondary N) is 1. The fraction of sp³-hybridized carbons (Fsp3) is 0.500. The standard InChI is InChI=1S/C12H16FNS/c13-12-4-2-1-3-11(12)9-15-8-10-5-6-14-7-10/h1-4,10,14H,5-9H2. The van der Waals surface area contributed by atoms with Crippen LogP contribution >= 0.6 is 11.8 Å². The molecule has 0 amide bonds. The number of halogens is 1. The molecule has 1 aliphatic heterocycles. The van der Waals surface area contributed by atoms with Crippen LogP contribution < -0.4 is 5.32 Å². The lowest BCUT2D eigenvalue weighted by Crippen LogP contribution is -2.10. The van der Waals surface area contributed by atoms with Gasteiger partial charge in [-0.05, 0) is 42.8 Å². The van der Waals surface area contributed by atoms with Crippen molar-refractivity contribution >= 4 is 11.8 Å². The van der Waals surface area contributed by atoms with Gasteiger partial charge in [-0.15, -0.1) is 0 Å². The van der Waals surface area contributed by atoms with Crippen molar-refractivity contribution in [1.29, 1.82) is 0 Å². The Balaban J connectivity index is 1.75. The van der Waals surface area contributed by atoms with Crippen molar-refractivity contribution in [1.82, 2.24) is 5.32 Å². The second kappa shape index (κ2) is 5.52. The SMILES string of the molecule is Fc1ccccc1CSCC1CCNC1. The molecule has 2 rings (SSSR count). The predicted molar refractivity (Wildman–Crippen MR) is 63.5 cm³/mol. The Morgan fingerprint density at radius 1 is 1.40 bits per heavy atom. The molecule has 1 fully saturated rings. The fourth-order valence-corrected chi connectivity index (χ4v) is 3.00. The Hall–Kier alpha value is -0.540. The summed E-state index contributed by atoms with van der Waals surface area (Å²) in [7, 11) is 0. The second-order valence-corrected chi connectivity index (χ2v) is 5.00. The number of hydrogen-bond donors (Lipinski definition) is 1. The summed E-state index contributed by atoms with van der Waals surface area (Å²) in [4.78, 5) is 0. The predicted octanol–water partition coefficient (Wildman–Crippen LogP) is 2.67. The van der Waals surface area contributed by atoms with E-state index >= 15 is 0 Å². The first-order valence-corrected chi connectivity index (χ1v) is 6.53. The van der Waals surface area contributed by atoms with Gasteiger partial charge in [-0.25, -0.2) is 4.39 Å². The highest BCUT2D eigenvalue weighted by Gasteiger charge is 2.14. The summed E-state index contributed by atoms with van der Waals surface area (Å²) in [5, 5.41) is 3.34. The smallest absolute Gasteiger partial charge is 0.127 e. The third kappa shape index (κ3) is 3.21. The van der Waals surface area contributed by atoms with E-state index in [1.54, 1.807) is 6.07 Å². The molecule has 0 aliphatic carbocycles. The highest BCUT2D eigenvalue weighted by atomic mass is 32.2. The first-order valence-electron chi connectivity index (χ1n) is 5.38. The number of rotatable bonds is 4. The molecule has 1 heterocycles. The Labute approximate surface area is 94.5 Å². The number of thioether (sulfide) groups is 1. The van der Waals surface area contributed by atoms with Crippen LogP contribution in [0.15, 0.2) is 24.3 Å². The summed E-state index contributed by atoms with van der Waals surface area (Å²) in [6.07, 6.45) is 1.27. The first kappa shape index (κ1) is 11.0. The molecule has 1 N–H and O–H groups in total. The molecule has 0 saturated carbocycles. The van der Waals surface area contributed by atoms with Gasteiger partial charge in [0.05, 0.1) is 0 Å². The minimum Gasteiger partial charge on any atom is -0.316 e. The average molecular weight is 225 g/mol. The molecule has 0 bridgehead atoms. The van der Waals surface area contributed by atoms with Crippen LogP contribution in [0.4, 0.5) is 4.39 Å². The fourth-order valence-electron chi connectivity index (χ4n) is 1.81. The van der Waals surface area contributed by atoms with Crippen molar-refractivity contribution in [3.8, 4) is 0 Å². The van der Waals surface area contributed by atoms with E-state index in [0.717, 1.165) is 36.1 Å². The van der Waals surface area contributed by atoms with Crippen molar-refractivity contribution in [2.75, 3.05) is 18.8 Å². The van der Waals surface area contributed by atoms with Crippen molar-refractivity contribution < 1.29 is 4.39 Å². The first-order chi connectivity index (χ1) is 7.36. The van der Waals surface area contributed by atoms with Crippen molar-refractivity contribution in [2.24, 2.45) is 5.92 Å². The molecule has 0 aromatic heterocycles. The summed E-state index contributed by atoms with van der Waals surface area (Å²) >= 11 is 1.84. The quantitative estimate of drug-likeness (QED) is 0.845. The molecule has 1 unspecified atom stereocenters. The molecule has 0 spiro atoms. The second-order valence-electron chi connectivity index (χ2n) is 3.97.